The molecule has 0 saturated heterocycles. The van der Waals surface area contributed by atoms with Gasteiger partial charge in [0.1, 0.15) is 6.29 Å². The molecule has 1 rings (SSSR count). The van der Waals surface area contributed by atoms with Crippen LogP contribution in [0.1, 0.15) is 43.0 Å². The van der Waals surface area contributed by atoms with Crippen LogP contribution in [0.4, 0.5) is 0 Å². The average molecular weight is 230 g/mol. The lowest BCUT2D eigenvalue weighted by molar-refractivity contribution is -0.105. The molecule has 0 aliphatic heterocycles. The second kappa shape index (κ2) is 5.31. The van der Waals surface area contributed by atoms with E-state index in [1.165, 1.54) is 22.3 Å². The van der Waals surface area contributed by atoms with Gasteiger partial charge in [-0.15, -0.1) is 0 Å². The molecule has 1 aromatic rings. The van der Waals surface area contributed by atoms with E-state index in [0.29, 0.717) is 0 Å². The van der Waals surface area contributed by atoms with E-state index in [2.05, 4.69) is 53.7 Å². The zero-order chi connectivity index (χ0) is 13.2. The molecule has 0 amide bonds. The Hall–Kier alpha value is -1.37. The second-order valence-corrected chi connectivity index (χ2v) is 5.13. The minimum Gasteiger partial charge on any atom is -0.298 e. The summed E-state index contributed by atoms with van der Waals surface area (Å²) in [5.74, 6) is 0.271. The van der Waals surface area contributed by atoms with Gasteiger partial charge in [-0.25, -0.2) is 0 Å². The number of carbonyl (C=O) groups is 1. The summed E-state index contributed by atoms with van der Waals surface area (Å²) in [6.07, 6.45) is 0.999. The van der Waals surface area contributed by atoms with Gasteiger partial charge in [0.05, 0.1) is 0 Å². The van der Waals surface area contributed by atoms with Crippen molar-refractivity contribution in [1.82, 2.24) is 0 Å². The van der Waals surface area contributed by atoms with E-state index in [0.717, 1.165) is 17.4 Å². The fraction of sp³-hybridized carbons (Fsp3) is 0.438. The Bertz CT molecular complexity index is 441. The van der Waals surface area contributed by atoms with Crippen molar-refractivity contribution in [3.8, 4) is 0 Å². The lowest BCUT2D eigenvalue weighted by atomic mass is 9.89. The summed E-state index contributed by atoms with van der Waals surface area (Å²) >= 11 is 0. The van der Waals surface area contributed by atoms with E-state index in [1.54, 1.807) is 0 Å². The fourth-order valence-electron chi connectivity index (χ4n) is 2.57. The van der Waals surface area contributed by atoms with Gasteiger partial charge in [0.2, 0.25) is 0 Å². The molecule has 1 aromatic carbocycles. The van der Waals surface area contributed by atoms with Crippen LogP contribution in [0, 0.1) is 26.7 Å². The van der Waals surface area contributed by atoms with E-state index in [9.17, 15) is 4.79 Å². The van der Waals surface area contributed by atoms with Gasteiger partial charge in [-0.05, 0) is 61.4 Å². The van der Waals surface area contributed by atoms with Crippen molar-refractivity contribution in [1.29, 1.82) is 0 Å². The van der Waals surface area contributed by atoms with Gasteiger partial charge in [0.15, 0.2) is 0 Å². The lowest BCUT2D eigenvalue weighted by Gasteiger charge is -2.16. The molecule has 0 fully saturated rings. The molecule has 0 aliphatic carbocycles. The lowest BCUT2D eigenvalue weighted by Crippen LogP contribution is -2.02. The van der Waals surface area contributed by atoms with Crippen molar-refractivity contribution in [3.05, 3.63) is 40.0 Å². The third-order valence-electron chi connectivity index (χ3n) is 3.23. The second-order valence-electron chi connectivity index (χ2n) is 5.13. The maximum atomic E-state index is 11.2. The third-order valence-corrected chi connectivity index (χ3v) is 3.23. The Morgan fingerprint density at radius 2 is 1.59 bits per heavy atom. The first-order valence-corrected chi connectivity index (χ1v) is 6.12. The van der Waals surface area contributed by atoms with Crippen LogP contribution in [0.2, 0.25) is 0 Å². The predicted octanol–water partition coefficient (Wildman–Crippen LogP) is 4.24. The molecule has 17 heavy (non-hydrogen) atoms. The number of allylic oxidation sites excluding steroid dienone is 2. The molecule has 0 heterocycles. The summed E-state index contributed by atoms with van der Waals surface area (Å²) < 4.78 is 0. The molecule has 0 saturated carbocycles. The third kappa shape index (κ3) is 2.85. The van der Waals surface area contributed by atoms with E-state index in [1.807, 2.05) is 0 Å². The summed E-state index contributed by atoms with van der Waals surface area (Å²) in [4.78, 5) is 11.2. The molecule has 1 nitrogen and oxygen atoms in total. The van der Waals surface area contributed by atoms with Gasteiger partial charge < -0.3 is 0 Å². The Morgan fingerprint density at radius 3 is 1.94 bits per heavy atom. The van der Waals surface area contributed by atoms with E-state index in [4.69, 9.17) is 0 Å². The molecule has 92 valence electrons. The van der Waals surface area contributed by atoms with Crippen LogP contribution in [-0.4, -0.2) is 6.29 Å². The zero-order valence-electron chi connectivity index (χ0n) is 11.7. The molecular weight excluding hydrogens is 208 g/mol. The normalized spacial score (nSPS) is 12.6. The van der Waals surface area contributed by atoms with Crippen molar-refractivity contribution >= 4 is 11.9 Å². The SMILES string of the molecule is C/C(=C(/C=O)C(C)C)c1c(C)cc(C)cc1C. The van der Waals surface area contributed by atoms with Gasteiger partial charge >= 0.3 is 0 Å². The molecule has 0 N–H and O–H groups in total. The van der Waals surface area contributed by atoms with Crippen LogP contribution >= 0.6 is 0 Å². The highest BCUT2D eigenvalue weighted by Gasteiger charge is 2.12. The molecule has 0 radical (unpaired) electrons. The van der Waals surface area contributed by atoms with Gasteiger partial charge in [-0.3, -0.25) is 4.79 Å². The molecule has 1 heteroatoms. The standard InChI is InChI=1S/C16H22O/c1-10(2)15(9-17)14(6)16-12(4)7-11(3)8-13(16)5/h7-10H,1-6H3/b15-14+. The molecule has 0 bridgehead atoms. The van der Waals surface area contributed by atoms with Gasteiger partial charge in [0.25, 0.3) is 0 Å². The largest absolute Gasteiger partial charge is 0.298 e. The van der Waals surface area contributed by atoms with Crippen LogP contribution in [-0.2, 0) is 4.79 Å². The van der Waals surface area contributed by atoms with Gasteiger partial charge in [-0.1, -0.05) is 31.5 Å². The number of hydrogen-bond donors (Lipinski definition) is 0. The first-order valence-electron chi connectivity index (χ1n) is 6.12. The Balaban J connectivity index is 3.48. The summed E-state index contributed by atoms with van der Waals surface area (Å²) in [7, 11) is 0. The molecule has 0 unspecified atom stereocenters. The van der Waals surface area contributed by atoms with Gasteiger partial charge in [-0.2, -0.15) is 0 Å². The summed E-state index contributed by atoms with van der Waals surface area (Å²) in [6, 6.07) is 4.35. The van der Waals surface area contributed by atoms with E-state index >= 15 is 0 Å². The minimum atomic E-state index is 0.271. The zero-order valence-corrected chi connectivity index (χ0v) is 11.7. The molecule has 0 spiro atoms. The monoisotopic (exact) mass is 230 g/mol. The van der Waals surface area contributed by atoms with Crippen LogP contribution in [0.5, 0.6) is 0 Å². The Labute approximate surface area is 105 Å². The number of benzene rings is 1. The quantitative estimate of drug-likeness (QED) is 0.560. The fourth-order valence-corrected chi connectivity index (χ4v) is 2.57. The maximum absolute atomic E-state index is 11.2. The first-order chi connectivity index (χ1) is 7.88. The Morgan fingerprint density at radius 1 is 1.12 bits per heavy atom. The topological polar surface area (TPSA) is 17.1 Å². The van der Waals surface area contributed by atoms with Gasteiger partial charge in [0, 0.05) is 0 Å². The van der Waals surface area contributed by atoms with Crippen molar-refractivity contribution in [3.63, 3.8) is 0 Å². The molecular formula is C16H22O. The summed E-state index contributed by atoms with van der Waals surface area (Å²) in [6.45, 7) is 12.5. The molecule has 0 aliphatic rings. The smallest absolute Gasteiger partial charge is 0.146 e. The highest BCUT2D eigenvalue weighted by Crippen LogP contribution is 2.28. The summed E-state index contributed by atoms with van der Waals surface area (Å²) in [5.41, 5.74) is 7.02. The molecule has 0 aromatic heterocycles. The van der Waals surface area contributed by atoms with E-state index < -0.39 is 0 Å². The van der Waals surface area contributed by atoms with E-state index in [-0.39, 0.29) is 5.92 Å². The number of aldehydes is 1. The number of carbonyl (C=O) groups excluding carboxylic acids is 1. The Kier molecular flexibility index (Phi) is 4.28. The number of hydrogen-bond acceptors (Lipinski definition) is 1. The average Bonchev–Trinajstić information content (AvgIpc) is 2.15. The minimum absolute atomic E-state index is 0.271. The van der Waals surface area contributed by atoms with Crippen LogP contribution in [0.3, 0.4) is 0 Å². The van der Waals surface area contributed by atoms with Crippen molar-refractivity contribution in [2.75, 3.05) is 0 Å². The van der Waals surface area contributed by atoms with Crippen LogP contribution in [0.15, 0.2) is 17.7 Å². The highest BCUT2D eigenvalue weighted by atomic mass is 16.1. The van der Waals surface area contributed by atoms with Crippen LogP contribution < -0.4 is 0 Å². The number of rotatable bonds is 3. The predicted molar refractivity (Wildman–Crippen MR) is 74.1 cm³/mol. The van der Waals surface area contributed by atoms with Crippen LogP contribution in [0.25, 0.3) is 5.57 Å². The van der Waals surface area contributed by atoms with Crippen molar-refractivity contribution < 1.29 is 4.79 Å². The number of aryl methyl sites for hydroxylation is 3. The highest BCUT2D eigenvalue weighted by molar-refractivity contribution is 5.89. The first kappa shape index (κ1) is 13.7. The van der Waals surface area contributed by atoms with Crippen molar-refractivity contribution in [2.45, 2.75) is 41.5 Å². The summed E-state index contributed by atoms with van der Waals surface area (Å²) in [5, 5.41) is 0. The van der Waals surface area contributed by atoms with Crippen molar-refractivity contribution in [2.24, 2.45) is 5.92 Å². The molecule has 0 atom stereocenters. The maximum Gasteiger partial charge on any atom is 0.146 e.